The van der Waals surface area contributed by atoms with Gasteiger partial charge >= 0.3 is 0 Å². The average Bonchev–Trinajstić information content (AvgIpc) is 2.48. The number of carbonyl (C=O) groups excluding carboxylic acids is 1. The van der Waals surface area contributed by atoms with E-state index in [9.17, 15) is 13.2 Å². The summed E-state index contributed by atoms with van der Waals surface area (Å²) in [5.41, 5.74) is 3.28. The minimum atomic E-state index is -3.38. The van der Waals surface area contributed by atoms with Gasteiger partial charge in [0.05, 0.1) is 24.4 Å². The van der Waals surface area contributed by atoms with E-state index in [-0.39, 0.29) is 18.4 Å². The van der Waals surface area contributed by atoms with E-state index in [4.69, 9.17) is 0 Å². The number of rotatable bonds is 6. The molecule has 2 rings (SSSR count). The van der Waals surface area contributed by atoms with Crippen LogP contribution in [0.25, 0.3) is 0 Å². The number of anilines is 1. The van der Waals surface area contributed by atoms with Gasteiger partial charge in [-0.15, -0.1) is 0 Å². The van der Waals surface area contributed by atoms with Crippen molar-refractivity contribution in [2.75, 3.05) is 11.0 Å². The van der Waals surface area contributed by atoms with Crippen LogP contribution in [0.3, 0.4) is 0 Å². The van der Waals surface area contributed by atoms with Gasteiger partial charge in [0.1, 0.15) is 0 Å². The molecule has 0 saturated carbocycles. The summed E-state index contributed by atoms with van der Waals surface area (Å²) in [6.07, 6.45) is 1.39. The van der Waals surface area contributed by atoms with Gasteiger partial charge in [-0.2, -0.15) is 0 Å². The molecule has 1 atom stereocenters. The maximum absolute atomic E-state index is 12.2. The van der Waals surface area contributed by atoms with Crippen LogP contribution in [0, 0.1) is 6.92 Å². The molecule has 0 saturated heterocycles. The summed E-state index contributed by atoms with van der Waals surface area (Å²) in [6.45, 7) is 3.83. The number of hydrogen-bond donors (Lipinski definition) is 2. The molecule has 0 heterocycles. The molecule has 2 aromatic rings. The SMILES string of the molecule is Cc1ccc(CC(=O)NC(C)c2ccccc2NS(C)(=O)=O)cc1. The average molecular weight is 346 g/mol. The van der Waals surface area contributed by atoms with Crippen molar-refractivity contribution in [1.29, 1.82) is 0 Å². The summed E-state index contributed by atoms with van der Waals surface area (Å²) >= 11 is 0. The monoisotopic (exact) mass is 346 g/mol. The molecule has 5 nitrogen and oxygen atoms in total. The quantitative estimate of drug-likeness (QED) is 0.844. The zero-order chi connectivity index (χ0) is 17.7. The zero-order valence-corrected chi connectivity index (χ0v) is 14.9. The van der Waals surface area contributed by atoms with Crippen molar-refractivity contribution >= 4 is 21.6 Å². The van der Waals surface area contributed by atoms with Crippen LogP contribution in [0.4, 0.5) is 5.69 Å². The first-order valence-corrected chi connectivity index (χ1v) is 9.55. The van der Waals surface area contributed by atoms with Crippen LogP contribution < -0.4 is 10.0 Å². The number of hydrogen-bond acceptors (Lipinski definition) is 3. The largest absolute Gasteiger partial charge is 0.349 e. The van der Waals surface area contributed by atoms with E-state index in [1.807, 2.05) is 44.2 Å². The maximum Gasteiger partial charge on any atom is 0.229 e. The second kappa shape index (κ2) is 7.49. The van der Waals surface area contributed by atoms with Crippen LogP contribution in [0.15, 0.2) is 48.5 Å². The molecule has 0 radical (unpaired) electrons. The van der Waals surface area contributed by atoms with Crippen molar-refractivity contribution in [3.05, 3.63) is 65.2 Å². The predicted molar refractivity (Wildman–Crippen MR) is 96.3 cm³/mol. The molecular weight excluding hydrogens is 324 g/mol. The van der Waals surface area contributed by atoms with E-state index in [0.29, 0.717) is 5.69 Å². The van der Waals surface area contributed by atoms with Gasteiger partial charge in [0, 0.05) is 0 Å². The number of nitrogens with one attached hydrogen (secondary N) is 2. The van der Waals surface area contributed by atoms with Gasteiger partial charge in [0.15, 0.2) is 0 Å². The minimum Gasteiger partial charge on any atom is -0.349 e. The molecule has 1 amide bonds. The van der Waals surface area contributed by atoms with Crippen LogP contribution in [0.2, 0.25) is 0 Å². The van der Waals surface area contributed by atoms with Gasteiger partial charge < -0.3 is 5.32 Å². The molecular formula is C18H22N2O3S. The molecule has 2 aromatic carbocycles. The fraction of sp³-hybridized carbons (Fsp3) is 0.278. The number of amides is 1. The first-order valence-electron chi connectivity index (χ1n) is 7.66. The lowest BCUT2D eigenvalue weighted by Crippen LogP contribution is -2.28. The van der Waals surface area contributed by atoms with E-state index in [1.165, 1.54) is 0 Å². The third-order valence-corrected chi connectivity index (χ3v) is 4.18. The molecule has 128 valence electrons. The number of sulfonamides is 1. The van der Waals surface area contributed by atoms with Crippen LogP contribution >= 0.6 is 0 Å². The van der Waals surface area contributed by atoms with E-state index in [2.05, 4.69) is 10.0 Å². The van der Waals surface area contributed by atoms with Crippen LogP contribution in [-0.2, 0) is 21.2 Å². The summed E-state index contributed by atoms with van der Waals surface area (Å²) in [7, 11) is -3.38. The van der Waals surface area contributed by atoms with E-state index in [0.717, 1.165) is 22.9 Å². The zero-order valence-electron chi connectivity index (χ0n) is 14.0. The van der Waals surface area contributed by atoms with Gasteiger partial charge in [-0.05, 0) is 31.0 Å². The molecule has 0 aromatic heterocycles. The van der Waals surface area contributed by atoms with Crippen molar-refractivity contribution < 1.29 is 13.2 Å². The Morgan fingerprint density at radius 3 is 2.33 bits per heavy atom. The lowest BCUT2D eigenvalue weighted by atomic mass is 10.1. The molecule has 0 aliphatic heterocycles. The molecule has 0 spiro atoms. The molecule has 1 unspecified atom stereocenters. The van der Waals surface area contributed by atoms with Crippen molar-refractivity contribution in [1.82, 2.24) is 5.32 Å². The molecule has 0 aliphatic rings. The van der Waals surface area contributed by atoms with Gasteiger partial charge in [-0.3, -0.25) is 9.52 Å². The lowest BCUT2D eigenvalue weighted by molar-refractivity contribution is -0.121. The Balaban J connectivity index is 2.08. The molecule has 0 fully saturated rings. The Hall–Kier alpha value is -2.34. The van der Waals surface area contributed by atoms with Crippen LogP contribution in [-0.4, -0.2) is 20.6 Å². The number of benzene rings is 2. The van der Waals surface area contributed by atoms with Crippen molar-refractivity contribution in [2.45, 2.75) is 26.3 Å². The third kappa shape index (κ3) is 5.38. The van der Waals surface area contributed by atoms with Crippen molar-refractivity contribution in [2.24, 2.45) is 0 Å². The number of aryl methyl sites for hydroxylation is 1. The minimum absolute atomic E-state index is 0.111. The predicted octanol–water partition coefficient (Wildman–Crippen LogP) is 2.79. The first-order chi connectivity index (χ1) is 11.2. The van der Waals surface area contributed by atoms with Crippen molar-refractivity contribution in [3.8, 4) is 0 Å². The highest BCUT2D eigenvalue weighted by atomic mass is 32.2. The number of carbonyl (C=O) groups is 1. The highest BCUT2D eigenvalue weighted by Gasteiger charge is 2.15. The standard InChI is InChI=1S/C18H22N2O3S/c1-13-8-10-15(11-9-13)12-18(21)19-14(2)16-6-4-5-7-17(16)20-24(3,22)23/h4-11,14,20H,12H2,1-3H3,(H,19,21). The van der Waals surface area contributed by atoms with Crippen LogP contribution in [0.1, 0.15) is 29.7 Å². The molecule has 24 heavy (non-hydrogen) atoms. The molecule has 2 N–H and O–H groups in total. The summed E-state index contributed by atoms with van der Waals surface area (Å²) in [6, 6.07) is 14.5. The third-order valence-electron chi connectivity index (χ3n) is 3.59. The smallest absolute Gasteiger partial charge is 0.229 e. The summed E-state index contributed by atoms with van der Waals surface area (Å²) in [4.78, 5) is 12.2. The Bertz CT molecular complexity index is 814. The fourth-order valence-electron chi connectivity index (χ4n) is 2.43. The Morgan fingerprint density at radius 2 is 1.71 bits per heavy atom. The topological polar surface area (TPSA) is 75.3 Å². The normalized spacial score (nSPS) is 12.5. The Kier molecular flexibility index (Phi) is 5.62. The molecule has 0 bridgehead atoms. The fourth-order valence-corrected chi connectivity index (χ4v) is 3.01. The summed E-state index contributed by atoms with van der Waals surface area (Å²) in [5.74, 6) is -0.111. The second-order valence-electron chi connectivity index (χ2n) is 5.91. The van der Waals surface area contributed by atoms with E-state index >= 15 is 0 Å². The highest BCUT2D eigenvalue weighted by Crippen LogP contribution is 2.23. The number of para-hydroxylation sites is 1. The highest BCUT2D eigenvalue weighted by molar-refractivity contribution is 7.92. The Morgan fingerprint density at radius 1 is 1.08 bits per heavy atom. The summed E-state index contributed by atoms with van der Waals surface area (Å²) in [5, 5.41) is 2.91. The van der Waals surface area contributed by atoms with Gasteiger partial charge in [-0.1, -0.05) is 48.0 Å². The molecule has 6 heteroatoms. The Labute approximate surface area is 143 Å². The van der Waals surface area contributed by atoms with Crippen molar-refractivity contribution in [3.63, 3.8) is 0 Å². The molecule has 0 aliphatic carbocycles. The van der Waals surface area contributed by atoms with E-state index in [1.54, 1.807) is 18.2 Å². The van der Waals surface area contributed by atoms with Gasteiger partial charge in [-0.25, -0.2) is 8.42 Å². The maximum atomic E-state index is 12.2. The first kappa shape index (κ1) is 18.0. The second-order valence-corrected chi connectivity index (χ2v) is 7.66. The van der Waals surface area contributed by atoms with Gasteiger partial charge in [0.25, 0.3) is 0 Å². The van der Waals surface area contributed by atoms with Crippen LogP contribution in [0.5, 0.6) is 0 Å². The summed E-state index contributed by atoms with van der Waals surface area (Å²) < 4.78 is 25.4. The van der Waals surface area contributed by atoms with Gasteiger partial charge in [0.2, 0.25) is 15.9 Å². The lowest BCUT2D eigenvalue weighted by Gasteiger charge is -2.18. The van der Waals surface area contributed by atoms with E-state index < -0.39 is 10.0 Å².